The molecule has 2 unspecified atom stereocenters. The monoisotopic (exact) mass is 226 g/mol. The van der Waals surface area contributed by atoms with Gasteiger partial charge in [0.25, 0.3) is 0 Å². The number of nitrogens with zero attached hydrogens (tertiary/aromatic N) is 1. The standard InChI is InChI=1S/C13H26N2O/c1-5-13(16)15-11(9-14-4)7-6-8-12(15)10(2)3/h10-12,14H,5-9H2,1-4H3. The second-order valence-corrected chi connectivity index (χ2v) is 5.11. The minimum Gasteiger partial charge on any atom is -0.335 e. The average Bonchev–Trinajstić information content (AvgIpc) is 2.28. The lowest BCUT2D eigenvalue weighted by molar-refractivity contribution is -0.139. The molecule has 0 saturated carbocycles. The predicted molar refractivity (Wildman–Crippen MR) is 67.3 cm³/mol. The van der Waals surface area contributed by atoms with E-state index in [0.29, 0.717) is 30.3 Å². The molecule has 16 heavy (non-hydrogen) atoms. The molecular formula is C13H26N2O. The Morgan fingerprint density at radius 2 is 2.12 bits per heavy atom. The summed E-state index contributed by atoms with van der Waals surface area (Å²) in [5, 5.41) is 3.21. The highest BCUT2D eigenvalue weighted by Crippen LogP contribution is 2.28. The van der Waals surface area contributed by atoms with Crippen LogP contribution in [0.1, 0.15) is 46.5 Å². The van der Waals surface area contributed by atoms with Crippen molar-refractivity contribution < 1.29 is 4.79 Å². The van der Waals surface area contributed by atoms with E-state index in [1.54, 1.807) is 0 Å². The number of amides is 1. The van der Waals surface area contributed by atoms with E-state index in [1.807, 2.05) is 14.0 Å². The summed E-state index contributed by atoms with van der Waals surface area (Å²) in [6.45, 7) is 7.34. The van der Waals surface area contributed by atoms with Crippen molar-refractivity contribution in [2.45, 2.75) is 58.5 Å². The van der Waals surface area contributed by atoms with Gasteiger partial charge in [-0.1, -0.05) is 20.8 Å². The Hall–Kier alpha value is -0.570. The lowest BCUT2D eigenvalue weighted by Gasteiger charge is -2.44. The minimum atomic E-state index is 0.318. The summed E-state index contributed by atoms with van der Waals surface area (Å²) in [5.41, 5.74) is 0. The quantitative estimate of drug-likeness (QED) is 0.795. The molecule has 1 aliphatic heterocycles. The maximum absolute atomic E-state index is 12.1. The number of hydrogen-bond acceptors (Lipinski definition) is 2. The Morgan fingerprint density at radius 3 is 2.62 bits per heavy atom. The highest BCUT2D eigenvalue weighted by Gasteiger charge is 2.34. The number of hydrogen-bond donors (Lipinski definition) is 1. The van der Waals surface area contributed by atoms with Crippen LogP contribution in [-0.4, -0.2) is 36.5 Å². The summed E-state index contributed by atoms with van der Waals surface area (Å²) in [6, 6.07) is 0.846. The maximum Gasteiger partial charge on any atom is 0.222 e. The van der Waals surface area contributed by atoms with Gasteiger partial charge >= 0.3 is 0 Å². The molecule has 1 N–H and O–H groups in total. The molecule has 0 aromatic carbocycles. The Labute approximate surface area is 99.6 Å². The molecule has 94 valence electrons. The zero-order valence-corrected chi connectivity index (χ0v) is 11.1. The minimum absolute atomic E-state index is 0.318. The first-order valence-corrected chi connectivity index (χ1v) is 6.57. The molecule has 0 bridgehead atoms. The van der Waals surface area contributed by atoms with Crippen molar-refractivity contribution in [2.75, 3.05) is 13.6 Å². The topological polar surface area (TPSA) is 32.3 Å². The van der Waals surface area contributed by atoms with Gasteiger partial charge in [0.2, 0.25) is 5.91 Å². The van der Waals surface area contributed by atoms with Crippen molar-refractivity contribution in [2.24, 2.45) is 5.92 Å². The fourth-order valence-corrected chi connectivity index (χ4v) is 2.77. The first kappa shape index (κ1) is 13.5. The number of nitrogens with one attached hydrogen (secondary N) is 1. The molecule has 0 aliphatic carbocycles. The summed E-state index contributed by atoms with van der Waals surface area (Å²) in [7, 11) is 1.97. The molecule has 2 atom stereocenters. The number of carbonyl (C=O) groups excluding carboxylic acids is 1. The van der Waals surface area contributed by atoms with Crippen LogP contribution in [0.3, 0.4) is 0 Å². The van der Waals surface area contributed by atoms with E-state index in [4.69, 9.17) is 0 Å². The predicted octanol–water partition coefficient (Wildman–Crippen LogP) is 2.02. The van der Waals surface area contributed by atoms with Gasteiger partial charge in [0.15, 0.2) is 0 Å². The molecule has 1 saturated heterocycles. The Morgan fingerprint density at radius 1 is 1.44 bits per heavy atom. The molecule has 1 rings (SSSR count). The van der Waals surface area contributed by atoms with Crippen molar-refractivity contribution >= 4 is 5.91 Å². The number of likely N-dealkylation sites (tertiary alicyclic amines) is 1. The van der Waals surface area contributed by atoms with Gasteiger partial charge < -0.3 is 10.2 Å². The molecule has 0 aromatic rings. The third-order valence-corrected chi connectivity index (χ3v) is 3.59. The van der Waals surface area contributed by atoms with Crippen molar-refractivity contribution in [3.05, 3.63) is 0 Å². The van der Waals surface area contributed by atoms with Crippen LogP contribution in [0.25, 0.3) is 0 Å². The van der Waals surface area contributed by atoms with E-state index in [9.17, 15) is 4.79 Å². The van der Waals surface area contributed by atoms with Gasteiger partial charge in [0.05, 0.1) is 0 Å². The van der Waals surface area contributed by atoms with Crippen LogP contribution < -0.4 is 5.32 Å². The summed E-state index contributed by atoms with van der Waals surface area (Å²) in [6.07, 6.45) is 4.20. The number of likely N-dealkylation sites (N-methyl/N-ethyl adjacent to an activating group) is 1. The summed E-state index contributed by atoms with van der Waals surface area (Å²) < 4.78 is 0. The van der Waals surface area contributed by atoms with Crippen molar-refractivity contribution in [3.8, 4) is 0 Å². The molecule has 1 aliphatic rings. The van der Waals surface area contributed by atoms with Gasteiger partial charge in [0.1, 0.15) is 0 Å². The molecule has 3 heteroatoms. The second kappa shape index (κ2) is 6.24. The fourth-order valence-electron chi connectivity index (χ4n) is 2.77. The van der Waals surface area contributed by atoms with E-state index in [-0.39, 0.29) is 0 Å². The zero-order chi connectivity index (χ0) is 12.1. The van der Waals surface area contributed by atoms with Crippen LogP contribution in [0.4, 0.5) is 0 Å². The normalized spacial score (nSPS) is 26.2. The van der Waals surface area contributed by atoms with Crippen LogP contribution >= 0.6 is 0 Å². The lowest BCUT2D eigenvalue weighted by Crippen LogP contribution is -2.54. The summed E-state index contributed by atoms with van der Waals surface area (Å²) in [5.74, 6) is 0.883. The molecule has 3 nitrogen and oxygen atoms in total. The number of piperidine rings is 1. The van der Waals surface area contributed by atoms with E-state index in [0.717, 1.165) is 13.0 Å². The van der Waals surface area contributed by atoms with Crippen LogP contribution in [0.5, 0.6) is 0 Å². The van der Waals surface area contributed by atoms with Crippen LogP contribution in [0.2, 0.25) is 0 Å². The second-order valence-electron chi connectivity index (χ2n) is 5.11. The lowest BCUT2D eigenvalue weighted by atomic mass is 9.88. The van der Waals surface area contributed by atoms with Gasteiger partial charge in [-0.2, -0.15) is 0 Å². The van der Waals surface area contributed by atoms with Crippen molar-refractivity contribution in [1.82, 2.24) is 10.2 Å². The third-order valence-electron chi connectivity index (χ3n) is 3.59. The zero-order valence-electron chi connectivity index (χ0n) is 11.1. The Balaban J connectivity index is 2.80. The summed E-state index contributed by atoms with van der Waals surface area (Å²) >= 11 is 0. The number of rotatable bonds is 4. The largest absolute Gasteiger partial charge is 0.335 e. The van der Waals surface area contributed by atoms with E-state index >= 15 is 0 Å². The maximum atomic E-state index is 12.1. The summed E-state index contributed by atoms with van der Waals surface area (Å²) in [4.78, 5) is 14.2. The first-order valence-electron chi connectivity index (χ1n) is 6.57. The van der Waals surface area contributed by atoms with E-state index in [1.165, 1.54) is 12.8 Å². The molecule has 1 heterocycles. The van der Waals surface area contributed by atoms with Crippen molar-refractivity contribution in [3.63, 3.8) is 0 Å². The first-order chi connectivity index (χ1) is 7.61. The molecular weight excluding hydrogens is 200 g/mol. The van der Waals surface area contributed by atoms with Crippen LogP contribution in [-0.2, 0) is 4.79 Å². The highest BCUT2D eigenvalue weighted by molar-refractivity contribution is 5.76. The average molecular weight is 226 g/mol. The Kier molecular flexibility index (Phi) is 5.26. The third kappa shape index (κ3) is 2.97. The van der Waals surface area contributed by atoms with Crippen LogP contribution in [0.15, 0.2) is 0 Å². The molecule has 1 amide bonds. The highest BCUT2D eigenvalue weighted by atomic mass is 16.2. The Bertz CT molecular complexity index is 226. The van der Waals surface area contributed by atoms with Gasteiger partial charge in [-0.25, -0.2) is 0 Å². The molecule has 1 fully saturated rings. The van der Waals surface area contributed by atoms with Crippen LogP contribution in [0, 0.1) is 5.92 Å². The van der Waals surface area contributed by atoms with Gasteiger partial charge in [-0.15, -0.1) is 0 Å². The SMILES string of the molecule is CCC(=O)N1C(CNC)CCCC1C(C)C. The molecule has 0 spiro atoms. The van der Waals surface area contributed by atoms with Gasteiger partial charge in [0, 0.05) is 25.0 Å². The van der Waals surface area contributed by atoms with Gasteiger partial charge in [-0.3, -0.25) is 4.79 Å². The smallest absolute Gasteiger partial charge is 0.222 e. The molecule has 0 radical (unpaired) electrons. The van der Waals surface area contributed by atoms with E-state index in [2.05, 4.69) is 24.1 Å². The number of carbonyl (C=O) groups is 1. The molecule has 0 aromatic heterocycles. The van der Waals surface area contributed by atoms with E-state index < -0.39 is 0 Å². The van der Waals surface area contributed by atoms with Gasteiger partial charge in [-0.05, 0) is 32.2 Å². The fraction of sp³-hybridized carbons (Fsp3) is 0.923. The van der Waals surface area contributed by atoms with Crippen molar-refractivity contribution in [1.29, 1.82) is 0 Å².